The minimum atomic E-state index is -1.71. The molecule has 2 rings (SSSR count). The third kappa shape index (κ3) is 5.77. The molecule has 2 aromatic rings. The molecule has 0 radical (unpaired) electrons. The summed E-state index contributed by atoms with van der Waals surface area (Å²) in [5, 5.41) is 15.3. The van der Waals surface area contributed by atoms with Gasteiger partial charge in [0.2, 0.25) is 11.8 Å². The topological polar surface area (TPSA) is 105 Å². The second-order valence-electron chi connectivity index (χ2n) is 6.49. The Bertz CT molecular complexity index is 971. The number of halogens is 3. The first-order chi connectivity index (χ1) is 14.1. The van der Waals surface area contributed by atoms with Crippen molar-refractivity contribution in [2.24, 2.45) is 0 Å². The minimum Gasteiger partial charge on any atom is -0.346 e. The molecular weight excluding hydrogens is 405 g/mol. The van der Waals surface area contributed by atoms with Crippen molar-refractivity contribution in [2.75, 3.05) is 25.5 Å². The average Bonchev–Trinajstić information content (AvgIpc) is 2.72. The number of hydrogen-bond donors (Lipinski definition) is 2. The van der Waals surface area contributed by atoms with E-state index in [-0.39, 0.29) is 18.3 Å². The molecule has 1 unspecified atom stereocenters. The number of carbonyl (C=O) groups excluding carboxylic acids is 2. The minimum absolute atomic E-state index is 0.0710. The standard InChI is InChI=1S/C19H19F3N4O4/c1-11(12-4-3-5-13(8-12)26(29)30)25(2)10-17(28)23-9-16(27)24-15-7-6-14(20)18(21)19(15)22/h3-8,11H,9-10H2,1-2H3,(H,23,28)(H,24,27). The Morgan fingerprint density at radius 3 is 2.50 bits per heavy atom. The third-order valence-electron chi connectivity index (χ3n) is 4.37. The number of benzene rings is 2. The molecule has 0 fully saturated rings. The van der Waals surface area contributed by atoms with Crippen LogP contribution < -0.4 is 10.6 Å². The van der Waals surface area contributed by atoms with Crippen molar-refractivity contribution in [2.45, 2.75) is 13.0 Å². The van der Waals surface area contributed by atoms with Gasteiger partial charge in [-0.05, 0) is 31.7 Å². The Balaban J connectivity index is 1.88. The molecule has 8 nitrogen and oxygen atoms in total. The van der Waals surface area contributed by atoms with Gasteiger partial charge in [0.15, 0.2) is 17.5 Å². The quantitative estimate of drug-likeness (QED) is 0.385. The fraction of sp³-hybridized carbons (Fsp3) is 0.263. The Labute approximate surface area is 169 Å². The lowest BCUT2D eigenvalue weighted by atomic mass is 10.1. The molecule has 1 atom stereocenters. The maximum absolute atomic E-state index is 13.6. The lowest BCUT2D eigenvalue weighted by Crippen LogP contribution is -2.40. The monoisotopic (exact) mass is 424 g/mol. The van der Waals surface area contributed by atoms with Crippen LogP contribution in [0.3, 0.4) is 0 Å². The number of amides is 2. The van der Waals surface area contributed by atoms with E-state index in [4.69, 9.17) is 0 Å². The van der Waals surface area contributed by atoms with Crippen LogP contribution in [0.2, 0.25) is 0 Å². The average molecular weight is 424 g/mol. The van der Waals surface area contributed by atoms with Gasteiger partial charge in [0.05, 0.1) is 23.7 Å². The van der Waals surface area contributed by atoms with E-state index in [1.807, 2.05) is 5.32 Å². The van der Waals surface area contributed by atoms with Crippen molar-refractivity contribution in [1.29, 1.82) is 0 Å². The van der Waals surface area contributed by atoms with E-state index >= 15 is 0 Å². The van der Waals surface area contributed by atoms with Crippen LogP contribution in [0.4, 0.5) is 24.5 Å². The Morgan fingerprint density at radius 2 is 1.83 bits per heavy atom. The van der Waals surface area contributed by atoms with Crippen molar-refractivity contribution in [1.82, 2.24) is 10.2 Å². The van der Waals surface area contributed by atoms with Gasteiger partial charge in [-0.3, -0.25) is 24.6 Å². The van der Waals surface area contributed by atoms with E-state index < -0.39 is 46.4 Å². The fourth-order valence-electron chi connectivity index (χ4n) is 2.57. The number of rotatable bonds is 8. The lowest BCUT2D eigenvalue weighted by molar-refractivity contribution is -0.384. The van der Waals surface area contributed by atoms with E-state index in [1.54, 1.807) is 31.0 Å². The molecule has 2 N–H and O–H groups in total. The van der Waals surface area contributed by atoms with Gasteiger partial charge in [0.25, 0.3) is 5.69 Å². The summed E-state index contributed by atoms with van der Waals surface area (Å²) in [4.78, 5) is 35.9. The van der Waals surface area contributed by atoms with Crippen LogP contribution in [0.5, 0.6) is 0 Å². The molecule has 11 heteroatoms. The molecule has 0 spiro atoms. The van der Waals surface area contributed by atoms with Gasteiger partial charge < -0.3 is 10.6 Å². The second kappa shape index (κ2) is 9.83. The van der Waals surface area contributed by atoms with Crippen LogP contribution in [-0.2, 0) is 9.59 Å². The van der Waals surface area contributed by atoms with E-state index in [2.05, 4.69) is 5.32 Å². The largest absolute Gasteiger partial charge is 0.346 e. The predicted molar refractivity (Wildman–Crippen MR) is 102 cm³/mol. The van der Waals surface area contributed by atoms with Gasteiger partial charge in [0, 0.05) is 18.2 Å². The summed E-state index contributed by atoms with van der Waals surface area (Å²) in [7, 11) is 1.62. The van der Waals surface area contributed by atoms with E-state index in [0.29, 0.717) is 11.6 Å². The summed E-state index contributed by atoms with van der Waals surface area (Å²) in [6.07, 6.45) is 0. The predicted octanol–water partition coefficient (Wildman–Crippen LogP) is 2.76. The van der Waals surface area contributed by atoms with Gasteiger partial charge in [-0.15, -0.1) is 0 Å². The number of non-ortho nitro benzene ring substituents is 1. The second-order valence-corrected chi connectivity index (χ2v) is 6.49. The maximum Gasteiger partial charge on any atom is 0.269 e. The van der Waals surface area contributed by atoms with Gasteiger partial charge in [-0.25, -0.2) is 13.2 Å². The summed E-state index contributed by atoms with van der Waals surface area (Å²) in [6, 6.07) is 7.19. The van der Waals surface area contributed by atoms with Crippen LogP contribution >= 0.6 is 0 Å². The van der Waals surface area contributed by atoms with Crippen LogP contribution in [-0.4, -0.2) is 41.8 Å². The van der Waals surface area contributed by atoms with Crippen LogP contribution in [0.15, 0.2) is 36.4 Å². The van der Waals surface area contributed by atoms with Crippen molar-refractivity contribution in [3.63, 3.8) is 0 Å². The summed E-state index contributed by atoms with van der Waals surface area (Å²) in [5.74, 6) is -6.01. The highest BCUT2D eigenvalue weighted by Gasteiger charge is 2.19. The van der Waals surface area contributed by atoms with Gasteiger partial charge >= 0.3 is 0 Å². The Hall–Kier alpha value is -3.47. The van der Waals surface area contributed by atoms with Crippen molar-refractivity contribution < 1.29 is 27.7 Å². The highest BCUT2D eigenvalue weighted by molar-refractivity contribution is 5.94. The van der Waals surface area contributed by atoms with Crippen molar-refractivity contribution in [3.05, 3.63) is 69.5 Å². The van der Waals surface area contributed by atoms with Gasteiger partial charge in [-0.2, -0.15) is 0 Å². The lowest BCUT2D eigenvalue weighted by Gasteiger charge is -2.24. The first kappa shape index (κ1) is 22.8. The summed E-state index contributed by atoms with van der Waals surface area (Å²) < 4.78 is 39.6. The van der Waals surface area contributed by atoms with E-state index in [0.717, 1.165) is 6.07 Å². The first-order valence-electron chi connectivity index (χ1n) is 8.74. The number of hydrogen-bond acceptors (Lipinski definition) is 5. The van der Waals surface area contributed by atoms with Crippen molar-refractivity contribution >= 4 is 23.2 Å². The number of likely N-dealkylation sites (N-methyl/N-ethyl adjacent to an activating group) is 1. The summed E-state index contributed by atoms with van der Waals surface area (Å²) >= 11 is 0. The molecule has 30 heavy (non-hydrogen) atoms. The van der Waals surface area contributed by atoms with Crippen LogP contribution in [0.1, 0.15) is 18.5 Å². The molecule has 160 valence electrons. The number of nitrogens with zero attached hydrogens (tertiary/aromatic N) is 2. The highest BCUT2D eigenvalue weighted by atomic mass is 19.2. The van der Waals surface area contributed by atoms with Gasteiger partial charge in [-0.1, -0.05) is 12.1 Å². The SMILES string of the molecule is CC(c1cccc([N+](=O)[O-])c1)N(C)CC(=O)NCC(=O)Nc1ccc(F)c(F)c1F. The third-order valence-corrected chi connectivity index (χ3v) is 4.37. The van der Waals surface area contributed by atoms with Crippen LogP contribution in [0.25, 0.3) is 0 Å². The number of nitrogens with one attached hydrogen (secondary N) is 2. The molecule has 2 aromatic carbocycles. The summed E-state index contributed by atoms with van der Waals surface area (Å²) in [5.41, 5.74) is 0.00829. The molecule has 0 bridgehead atoms. The summed E-state index contributed by atoms with van der Waals surface area (Å²) in [6.45, 7) is 1.11. The first-order valence-corrected chi connectivity index (χ1v) is 8.74. The molecule has 0 aromatic heterocycles. The molecular formula is C19H19F3N4O4. The number of anilines is 1. The zero-order valence-electron chi connectivity index (χ0n) is 16.1. The van der Waals surface area contributed by atoms with E-state index in [9.17, 15) is 32.9 Å². The number of nitro groups is 1. The maximum atomic E-state index is 13.6. The Kier molecular flexibility index (Phi) is 7.48. The fourth-order valence-corrected chi connectivity index (χ4v) is 2.57. The van der Waals surface area contributed by atoms with Crippen molar-refractivity contribution in [3.8, 4) is 0 Å². The van der Waals surface area contributed by atoms with Gasteiger partial charge in [0.1, 0.15) is 0 Å². The molecule has 0 aliphatic rings. The zero-order valence-corrected chi connectivity index (χ0v) is 16.1. The Morgan fingerprint density at radius 1 is 1.13 bits per heavy atom. The van der Waals surface area contributed by atoms with E-state index in [1.165, 1.54) is 12.1 Å². The molecule has 2 amide bonds. The number of carbonyl (C=O) groups is 2. The molecule has 0 aliphatic carbocycles. The normalized spacial score (nSPS) is 11.8. The highest BCUT2D eigenvalue weighted by Crippen LogP contribution is 2.23. The smallest absolute Gasteiger partial charge is 0.269 e. The molecule has 0 saturated carbocycles. The zero-order chi connectivity index (χ0) is 22.4. The van der Waals surface area contributed by atoms with Crippen LogP contribution in [0, 0.1) is 27.6 Å². The number of nitro benzene ring substituents is 1. The molecule has 0 heterocycles. The molecule has 0 saturated heterocycles. The molecule has 0 aliphatic heterocycles.